The summed E-state index contributed by atoms with van der Waals surface area (Å²) in [5.41, 5.74) is 0.347. The molecule has 0 bridgehead atoms. The second kappa shape index (κ2) is 7.09. The minimum atomic E-state index is 0.347. The molecule has 0 saturated heterocycles. The van der Waals surface area contributed by atoms with Gasteiger partial charge in [-0.05, 0) is 24.7 Å². The van der Waals surface area contributed by atoms with Gasteiger partial charge in [-0.3, -0.25) is 4.79 Å². The van der Waals surface area contributed by atoms with Crippen LogP contribution in [0.3, 0.4) is 0 Å². The van der Waals surface area contributed by atoms with E-state index in [0.717, 1.165) is 19.3 Å². The van der Waals surface area contributed by atoms with Gasteiger partial charge in [0.2, 0.25) is 0 Å². The summed E-state index contributed by atoms with van der Waals surface area (Å²) >= 11 is 0. The SMILES string of the molecule is CCCCCCCC[C@@]1(C)CCCC(=O)C1. The lowest BCUT2D eigenvalue weighted by Crippen LogP contribution is -2.25. The molecule has 0 radical (unpaired) electrons. The molecule has 1 nitrogen and oxygen atoms in total. The number of hydrogen-bond donors (Lipinski definition) is 0. The number of hydrogen-bond acceptors (Lipinski definition) is 1. The molecule has 0 aliphatic heterocycles. The summed E-state index contributed by atoms with van der Waals surface area (Å²) in [5.74, 6) is 0.500. The van der Waals surface area contributed by atoms with Gasteiger partial charge in [0.15, 0.2) is 0 Å². The second-order valence-electron chi connectivity index (χ2n) is 5.90. The van der Waals surface area contributed by atoms with E-state index in [1.807, 2.05) is 0 Å². The van der Waals surface area contributed by atoms with Crippen LogP contribution in [-0.4, -0.2) is 5.78 Å². The fraction of sp³-hybridized carbons (Fsp3) is 0.933. The molecule has 94 valence electrons. The predicted octanol–water partition coefficient (Wildman–Crippen LogP) is 4.89. The number of rotatable bonds is 7. The van der Waals surface area contributed by atoms with Gasteiger partial charge in [0, 0.05) is 12.8 Å². The third-order valence-electron chi connectivity index (χ3n) is 3.99. The van der Waals surface area contributed by atoms with Crippen molar-refractivity contribution < 1.29 is 4.79 Å². The number of Topliss-reactive ketones (excluding diaryl/α,β-unsaturated/α-hetero) is 1. The van der Waals surface area contributed by atoms with Gasteiger partial charge in [-0.1, -0.05) is 52.4 Å². The molecule has 0 aromatic heterocycles. The first kappa shape index (κ1) is 13.7. The smallest absolute Gasteiger partial charge is 0.133 e. The predicted molar refractivity (Wildman–Crippen MR) is 69.6 cm³/mol. The van der Waals surface area contributed by atoms with Crippen LogP contribution in [0.1, 0.15) is 84.5 Å². The van der Waals surface area contributed by atoms with Crippen molar-refractivity contribution in [3.63, 3.8) is 0 Å². The average molecular weight is 224 g/mol. The Hall–Kier alpha value is -0.330. The van der Waals surface area contributed by atoms with E-state index in [2.05, 4.69) is 13.8 Å². The number of ketones is 1. The van der Waals surface area contributed by atoms with E-state index < -0.39 is 0 Å². The maximum Gasteiger partial charge on any atom is 0.133 e. The normalized spacial score (nSPS) is 26.0. The molecule has 1 rings (SSSR count). The molecule has 0 N–H and O–H groups in total. The highest BCUT2D eigenvalue weighted by atomic mass is 16.1. The third-order valence-corrected chi connectivity index (χ3v) is 3.99. The van der Waals surface area contributed by atoms with Crippen molar-refractivity contribution in [1.82, 2.24) is 0 Å². The maximum absolute atomic E-state index is 11.5. The minimum absolute atomic E-state index is 0.347. The summed E-state index contributed by atoms with van der Waals surface area (Å²) in [6, 6.07) is 0. The van der Waals surface area contributed by atoms with E-state index in [4.69, 9.17) is 0 Å². The lowest BCUT2D eigenvalue weighted by Gasteiger charge is -2.32. The number of carbonyl (C=O) groups is 1. The molecule has 0 aromatic rings. The quantitative estimate of drug-likeness (QED) is 0.563. The van der Waals surface area contributed by atoms with Crippen LogP contribution in [0.2, 0.25) is 0 Å². The van der Waals surface area contributed by atoms with Crippen LogP contribution < -0.4 is 0 Å². The van der Waals surface area contributed by atoms with Crippen molar-refractivity contribution in [2.24, 2.45) is 5.41 Å². The molecular formula is C15H28O. The van der Waals surface area contributed by atoms with Gasteiger partial charge >= 0.3 is 0 Å². The zero-order valence-corrected chi connectivity index (χ0v) is 11.2. The Morgan fingerprint density at radius 3 is 2.50 bits per heavy atom. The molecule has 1 atom stereocenters. The van der Waals surface area contributed by atoms with E-state index in [0.29, 0.717) is 11.2 Å². The summed E-state index contributed by atoms with van der Waals surface area (Å²) in [6.07, 6.45) is 13.5. The Balaban J connectivity index is 2.08. The van der Waals surface area contributed by atoms with Crippen molar-refractivity contribution >= 4 is 5.78 Å². The van der Waals surface area contributed by atoms with E-state index in [9.17, 15) is 4.79 Å². The minimum Gasteiger partial charge on any atom is -0.300 e. The van der Waals surface area contributed by atoms with Gasteiger partial charge in [0.1, 0.15) is 5.78 Å². The monoisotopic (exact) mass is 224 g/mol. The van der Waals surface area contributed by atoms with E-state index in [1.54, 1.807) is 0 Å². The third kappa shape index (κ3) is 5.14. The molecule has 1 aliphatic carbocycles. The summed E-state index contributed by atoms with van der Waals surface area (Å²) in [7, 11) is 0. The van der Waals surface area contributed by atoms with Gasteiger partial charge in [0.25, 0.3) is 0 Å². The van der Waals surface area contributed by atoms with Gasteiger partial charge in [-0.25, -0.2) is 0 Å². The highest BCUT2D eigenvalue weighted by Gasteiger charge is 2.30. The number of carbonyl (C=O) groups excluding carboxylic acids is 1. The van der Waals surface area contributed by atoms with Crippen LogP contribution in [0.25, 0.3) is 0 Å². The van der Waals surface area contributed by atoms with Crippen molar-refractivity contribution in [3.8, 4) is 0 Å². The Morgan fingerprint density at radius 1 is 1.12 bits per heavy atom. The van der Waals surface area contributed by atoms with Gasteiger partial charge in [0.05, 0.1) is 0 Å². The van der Waals surface area contributed by atoms with Gasteiger partial charge in [-0.15, -0.1) is 0 Å². The summed E-state index contributed by atoms with van der Waals surface area (Å²) < 4.78 is 0. The molecule has 0 spiro atoms. The molecule has 0 aromatic carbocycles. The van der Waals surface area contributed by atoms with E-state index in [-0.39, 0.29) is 0 Å². The van der Waals surface area contributed by atoms with Crippen LogP contribution in [0.5, 0.6) is 0 Å². The molecule has 1 saturated carbocycles. The van der Waals surface area contributed by atoms with Crippen LogP contribution in [-0.2, 0) is 4.79 Å². The van der Waals surface area contributed by atoms with Crippen LogP contribution >= 0.6 is 0 Å². The largest absolute Gasteiger partial charge is 0.300 e. The Labute approximate surface area is 101 Å². The first-order valence-electron chi connectivity index (χ1n) is 7.18. The van der Waals surface area contributed by atoms with E-state index >= 15 is 0 Å². The van der Waals surface area contributed by atoms with Crippen LogP contribution in [0.15, 0.2) is 0 Å². The van der Waals surface area contributed by atoms with Crippen LogP contribution in [0, 0.1) is 5.41 Å². The van der Waals surface area contributed by atoms with Gasteiger partial charge in [-0.2, -0.15) is 0 Å². The molecule has 1 heteroatoms. The molecule has 0 amide bonds. The summed E-state index contributed by atoms with van der Waals surface area (Å²) in [6.45, 7) is 4.57. The fourth-order valence-corrected chi connectivity index (χ4v) is 2.91. The Morgan fingerprint density at radius 2 is 1.81 bits per heavy atom. The Kier molecular flexibility index (Phi) is 6.08. The lowest BCUT2D eigenvalue weighted by atomic mass is 9.72. The zero-order chi connectivity index (χ0) is 11.9. The molecule has 16 heavy (non-hydrogen) atoms. The highest BCUT2D eigenvalue weighted by molar-refractivity contribution is 5.79. The molecule has 1 fully saturated rings. The number of unbranched alkanes of at least 4 members (excludes halogenated alkanes) is 5. The second-order valence-corrected chi connectivity index (χ2v) is 5.90. The van der Waals surface area contributed by atoms with Crippen LogP contribution in [0.4, 0.5) is 0 Å². The standard InChI is InChI=1S/C15H28O/c1-3-4-5-6-7-8-11-15(2)12-9-10-14(16)13-15/h3-13H2,1-2H3/t15-/m0/s1. The topological polar surface area (TPSA) is 17.1 Å². The maximum atomic E-state index is 11.5. The highest BCUT2D eigenvalue weighted by Crippen LogP contribution is 2.38. The van der Waals surface area contributed by atoms with Crippen molar-refractivity contribution in [3.05, 3.63) is 0 Å². The summed E-state index contributed by atoms with van der Waals surface area (Å²) in [5, 5.41) is 0. The molecule has 1 aliphatic rings. The first-order valence-corrected chi connectivity index (χ1v) is 7.18. The average Bonchev–Trinajstić information content (AvgIpc) is 2.23. The molecular weight excluding hydrogens is 196 g/mol. The van der Waals surface area contributed by atoms with Crippen molar-refractivity contribution in [2.75, 3.05) is 0 Å². The van der Waals surface area contributed by atoms with Gasteiger partial charge < -0.3 is 0 Å². The molecule has 0 heterocycles. The van der Waals surface area contributed by atoms with E-state index in [1.165, 1.54) is 51.4 Å². The summed E-state index contributed by atoms with van der Waals surface area (Å²) in [4.78, 5) is 11.5. The van der Waals surface area contributed by atoms with Crippen molar-refractivity contribution in [1.29, 1.82) is 0 Å². The zero-order valence-electron chi connectivity index (χ0n) is 11.2. The lowest BCUT2D eigenvalue weighted by molar-refractivity contribution is -0.123. The molecule has 0 unspecified atom stereocenters. The fourth-order valence-electron chi connectivity index (χ4n) is 2.91. The Bertz CT molecular complexity index is 209. The van der Waals surface area contributed by atoms with Crippen molar-refractivity contribution in [2.45, 2.75) is 84.5 Å². The first-order chi connectivity index (χ1) is 7.66.